The zero-order valence-electron chi connectivity index (χ0n) is 12.6. The summed E-state index contributed by atoms with van der Waals surface area (Å²) < 4.78 is 5.70. The van der Waals surface area contributed by atoms with E-state index in [9.17, 15) is 0 Å². The molecule has 1 N–H and O–H groups in total. The van der Waals surface area contributed by atoms with E-state index in [4.69, 9.17) is 4.42 Å². The molecule has 0 bridgehead atoms. The summed E-state index contributed by atoms with van der Waals surface area (Å²) in [6.07, 6.45) is 0. The maximum atomic E-state index is 5.70. The van der Waals surface area contributed by atoms with Crippen LogP contribution in [0.3, 0.4) is 0 Å². The third-order valence-electron chi connectivity index (χ3n) is 3.14. The summed E-state index contributed by atoms with van der Waals surface area (Å²) in [6, 6.07) is 9.04. The second-order valence-electron chi connectivity index (χ2n) is 5.05. The van der Waals surface area contributed by atoms with Crippen molar-refractivity contribution >= 4 is 6.01 Å². The zero-order valence-corrected chi connectivity index (χ0v) is 12.6. The van der Waals surface area contributed by atoms with Gasteiger partial charge in [0.2, 0.25) is 5.89 Å². The van der Waals surface area contributed by atoms with Gasteiger partial charge in [-0.25, -0.2) is 0 Å². The highest BCUT2D eigenvalue weighted by Crippen LogP contribution is 2.18. The Morgan fingerprint density at radius 3 is 2.85 bits per heavy atom. The predicted molar refractivity (Wildman–Crippen MR) is 79.7 cm³/mol. The van der Waals surface area contributed by atoms with E-state index in [0.29, 0.717) is 11.9 Å². The molecule has 2 aromatic rings. The Kier molecular flexibility index (Phi) is 4.74. The van der Waals surface area contributed by atoms with Gasteiger partial charge in [-0.05, 0) is 26.0 Å². The second-order valence-corrected chi connectivity index (χ2v) is 5.05. The SMILES string of the molecule is CCNC(C)c1nnc(N(C)Cc2cccc(C)c2)o1. The van der Waals surface area contributed by atoms with Crippen LogP contribution < -0.4 is 10.2 Å². The van der Waals surface area contributed by atoms with Crippen molar-refractivity contribution in [2.75, 3.05) is 18.5 Å². The molecule has 0 aliphatic rings. The summed E-state index contributed by atoms with van der Waals surface area (Å²) in [5.74, 6) is 0.623. The van der Waals surface area contributed by atoms with Gasteiger partial charge in [0, 0.05) is 13.6 Å². The van der Waals surface area contributed by atoms with Gasteiger partial charge in [-0.15, -0.1) is 5.10 Å². The van der Waals surface area contributed by atoms with Gasteiger partial charge in [-0.3, -0.25) is 0 Å². The quantitative estimate of drug-likeness (QED) is 0.877. The van der Waals surface area contributed by atoms with Gasteiger partial charge in [0.1, 0.15) is 0 Å². The predicted octanol–water partition coefficient (Wildman–Crippen LogP) is 2.68. The summed E-state index contributed by atoms with van der Waals surface area (Å²) in [6.45, 7) is 7.78. The summed E-state index contributed by atoms with van der Waals surface area (Å²) >= 11 is 0. The lowest BCUT2D eigenvalue weighted by atomic mass is 10.1. The normalized spacial score (nSPS) is 12.4. The summed E-state index contributed by atoms with van der Waals surface area (Å²) in [7, 11) is 1.96. The minimum atomic E-state index is 0.0774. The lowest BCUT2D eigenvalue weighted by Gasteiger charge is -2.14. The van der Waals surface area contributed by atoms with Crippen LogP contribution in [0.25, 0.3) is 0 Å². The van der Waals surface area contributed by atoms with Crippen LogP contribution in [0.4, 0.5) is 6.01 Å². The maximum Gasteiger partial charge on any atom is 0.318 e. The molecular formula is C15H22N4O. The molecule has 0 fully saturated rings. The molecule has 5 heteroatoms. The number of hydrogen-bond donors (Lipinski definition) is 1. The standard InChI is InChI=1S/C15H22N4O/c1-5-16-12(3)14-17-18-15(20-14)19(4)10-13-8-6-7-11(2)9-13/h6-9,12,16H,5,10H2,1-4H3. The molecule has 2 rings (SSSR count). The number of nitrogens with one attached hydrogen (secondary N) is 1. The first kappa shape index (κ1) is 14.5. The molecule has 1 aromatic carbocycles. The molecule has 20 heavy (non-hydrogen) atoms. The van der Waals surface area contributed by atoms with Crippen molar-refractivity contribution in [1.82, 2.24) is 15.5 Å². The molecular weight excluding hydrogens is 252 g/mol. The molecule has 0 saturated heterocycles. The molecule has 0 aliphatic heterocycles. The molecule has 1 unspecified atom stereocenters. The largest absolute Gasteiger partial charge is 0.406 e. The Hall–Kier alpha value is -1.88. The number of aromatic nitrogens is 2. The molecule has 1 atom stereocenters. The van der Waals surface area contributed by atoms with Gasteiger partial charge in [-0.2, -0.15) is 0 Å². The van der Waals surface area contributed by atoms with Crippen LogP contribution in [0.2, 0.25) is 0 Å². The van der Waals surface area contributed by atoms with Crippen LogP contribution >= 0.6 is 0 Å². The van der Waals surface area contributed by atoms with E-state index in [0.717, 1.165) is 13.1 Å². The first-order chi connectivity index (χ1) is 9.60. The van der Waals surface area contributed by atoms with E-state index < -0.39 is 0 Å². The van der Waals surface area contributed by atoms with Gasteiger partial charge in [0.15, 0.2) is 0 Å². The van der Waals surface area contributed by atoms with Crippen molar-refractivity contribution < 1.29 is 4.42 Å². The average Bonchev–Trinajstić information content (AvgIpc) is 2.88. The number of hydrogen-bond acceptors (Lipinski definition) is 5. The lowest BCUT2D eigenvalue weighted by molar-refractivity contribution is 0.421. The Balaban J connectivity index is 2.04. The summed E-state index contributed by atoms with van der Waals surface area (Å²) in [4.78, 5) is 1.96. The third kappa shape index (κ3) is 3.57. The Morgan fingerprint density at radius 2 is 2.15 bits per heavy atom. The number of aryl methyl sites for hydroxylation is 1. The van der Waals surface area contributed by atoms with Crippen LogP contribution in [0.5, 0.6) is 0 Å². The van der Waals surface area contributed by atoms with Crippen molar-refractivity contribution in [2.45, 2.75) is 33.4 Å². The molecule has 1 aromatic heterocycles. The lowest BCUT2D eigenvalue weighted by Crippen LogP contribution is -2.18. The van der Waals surface area contributed by atoms with Gasteiger partial charge in [-0.1, -0.05) is 41.9 Å². The molecule has 0 radical (unpaired) electrons. The van der Waals surface area contributed by atoms with Gasteiger partial charge >= 0.3 is 6.01 Å². The summed E-state index contributed by atoms with van der Waals surface area (Å²) in [5, 5.41) is 11.5. The number of benzene rings is 1. The van der Waals surface area contributed by atoms with E-state index in [1.165, 1.54) is 11.1 Å². The van der Waals surface area contributed by atoms with Crippen molar-refractivity contribution in [2.24, 2.45) is 0 Å². The minimum absolute atomic E-state index is 0.0774. The molecule has 0 saturated carbocycles. The van der Waals surface area contributed by atoms with E-state index in [2.05, 4.69) is 53.6 Å². The van der Waals surface area contributed by atoms with Crippen LogP contribution in [0.1, 0.15) is 36.9 Å². The van der Waals surface area contributed by atoms with E-state index in [-0.39, 0.29) is 6.04 Å². The smallest absolute Gasteiger partial charge is 0.318 e. The van der Waals surface area contributed by atoms with E-state index in [1.54, 1.807) is 0 Å². The number of anilines is 1. The fraction of sp³-hybridized carbons (Fsp3) is 0.467. The molecule has 0 spiro atoms. The van der Waals surface area contributed by atoms with Gasteiger partial charge in [0.25, 0.3) is 0 Å². The second kappa shape index (κ2) is 6.52. The van der Waals surface area contributed by atoms with Crippen LogP contribution in [0.15, 0.2) is 28.7 Å². The Labute approximate surface area is 120 Å². The topological polar surface area (TPSA) is 54.2 Å². The molecule has 0 amide bonds. The van der Waals surface area contributed by atoms with Gasteiger partial charge in [0.05, 0.1) is 6.04 Å². The minimum Gasteiger partial charge on any atom is -0.406 e. The highest BCUT2D eigenvalue weighted by atomic mass is 16.4. The Bertz CT molecular complexity index is 552. The number of rotatable bonds is 6. The average molecular weight is 274 g/mol. The Morgan fingerprint density at radius 1 is 1.35 bits per heavy atom. The summed E-state index contributed by atoms with van der Waals surface area (Å²) in [5.41, 5.74) is 2.48. The molecule has 108 valence electrons. The maximum absolute atomic E-state index is 5.70. The molecule has 0 aliphatic carbocycles. The highest BCUT2D eigenvalue weighted by molar-refractivity contribution is 5.29. The van der Waals surface area contributed by atoms with Crippen LogP contribution in [-0.4, -0.2) is 23.8 Å². The van der Waals surface area contributed by atoms with Crippen LogP contribution in [0, 0.1) is 6.92 Å². The molecule has 1 heterocycles. The molecule has 5 nitrogen and oxygen atoms in total. The van der Waals surface area contributed by atoms with Crippen molar-refractivity contribution in [1.29, 1.82) is 0 Å². The van der Waals surface area contributed by atoms with E-state index >= 15 is 0 Å². The highest BCUT2D eigenvalue weighted by Gasteiger charge is 2.15. The number of nitrogens with zero attached hydrogens (tertiary/aromatic N) is 3. The van der Waals surface area contributed by atoms with E-state index in [1.807, 2.05) is 18.9 Å². The third-order valence-corrected chi connectivity index (χ3v) is 3.14. The fourth-order valence-corrected chi connectivity index (χ4v) is 2.10. The van der Waals surface area contributed by atoms with Crippen molar-refractivity contribution in [3.05, 3.63) is 41.3 Å². The van der Waals surface area contributed by atoms with Crippen LogP contribution in [-0.2, 0) is 6.54 Å². The van der Waals surface area contributed by atoms with Crippen molar-refractivity contribution in [3.8, 4) is 0 Å². The fourth-order valence-electron chi connectivity index (χ4n) is 2.10. The first-order valence-electron chi connectivity index (χ1n) is 6.93. The first-order valence-corrected chi connectivity index (χ1v) is 6.93. The van der Waals surface area contributed by atoms with Crippen molar-refractivity contribution in [3.63, 3.8) is 0 Å². The van der Waals surface area contributed by atoms with Gasteiger partial charge < -0.3 is 14.6 Å². The zero-order chi connectivity index (χ0) is 14.5. The monoisotopic (exact) mass is 274 g/mol.